The largest absolute Gasteiger partial charge is 0.389 e. The molecule has 0 aromatic rings. The van der Waals surface area contributed by atoms with Gasteiger partial charge >= 0.3 is 0 Å². The van der Waals surface area contributed by atoms with Crippen LogP contribution in [0.3, 0.4) is 0 Å². The predicted molar refractivity (Wildman–Crippen MR) is 44.4 cm³/mol. The normalized spacial score (nSPS) is 14.2. The van der Waals surface area contributed by atoms with Crippen LogP contribution in [0.1, 0.15) is 27.7 Å². The summed E-state index contributed by atoms with van der Waals surface area (Å²) in [4.78, 5) is 0. The van der Waals surface area contributed by atoms with Crippen LogP contribution in [0.15, 0.2) is 0 Å². The van der Waals surface area contributed by atoms with Crippen LogP contribution in [-0.2, 0) is 0 Å². The molecule has 2 heteroatoms. The van der Waals surface area contributed by atoms with E-state index < -0.39 is 5.60 Å². The third kappa shape index (κ3) is 2.31. The minimum Gasteiger partial charge on any atom is -0.389 e. The Balaban J connectivity index is 4.02. The third-order valence-corrected chi connectivity index (χ3v) is 2.77. The highest BCUT2D eigenvalue weighted by Gasteiger charge is 2.31. The zero-order valence-corrected chi connectivity index (χ0v) is 7.98. The smallest absolute Gasteiger partial charge is 0.0731 e. The van der Waals surface area contributed by atoms with E-state index in [4.69, 9.17) is 0 Å². The summed E-state index contributed by atoms with van der Waals surface area (Å²) < 4.78 is -0.0369. The average molecular weight is 228 g/mol. The molecule has 0 aliphatic heterocycles. The van der Waals surface area contributed by atoms with Crippen LogP contribution in [0.4, 0.5) is 0 Å². The van der Waals surface area contributed by atoms with Gasteiger partial charge in [-0.05, 0) is 27.7 Å². The molecule has 0 bridgehead atoms. The van der Waals surface area contributed by atoms with Gasteiger partial charge in [0.1, 0.15) is 0 Å². The van der Waals surface area contributed by atoms with Crippen LogP contribution >= 0.6 is 22.6 Å². The maximum Gasteiger partial charge on any atom is 0.0731 e. The zero-order valence-electron chi connectivity index (χ0n) is 5.83. The first-order chi connectivity index (χ1) is 3.25. The van der Waals surface area contributed by atoms with Crippen molar-refractivity contribution in [2.75, 3.05) is 0 Å². The lowest BCUT2D eigenvalue weighted by Crippen LogP contribution is -2.39. The van der Waals surface area contributed by atoms with Crippen molar-refractivity contribution in [1.29, 1.82) is 0 Å². The van der Waals surface area contributed by atoms with Gasteiger partial charge in [-0.15, -0.1) is 0 Å². The molecule has 0 rings (SSSR count). The molecule has 1 nitrogen and oxygen atoms in total. The van der Waals surface area contributed by atoms with E-state index >= 15 is 0 Å². The molecular formula is C6H13IO. The van der Waals surface area contributed by atoms with E-state index in [2.05, 4.69) is 22.6 Å². The lowest BCUT2D eigenvalue weighted by Gasteiger charge is -2.31. The second kappa shape index (κ2) is 2.14. The summed E-state index contributed by atoms with van der Waals surface area (Å²) in [5.41, 5.74) is -0.576. The van der Waals surface area contributed by atoms with Gasteiger partial charge in [0.2, 0.25) is 0 Å². The van der Waals surface area contributed by atoms with E-state index in [1.807, 2.05) is 27.7 Å². The van der Waals surface area contributed by atoms with Crippen molar-refractivity contribution in [3.63, 3.8) is 0 Å². The first-order valence-electron chi connectivity index (χ1n) is 2.66. The molecule has 0 aromatic carbocycles. The lowest BCUT2D eigenvalue weighted by molar-refractivity contribution is 0.0558. The van der Waals surface area contributed by atoms with E-state index in [1.165, 1.54) is 0 Å². The quantitative estimate of drug-likeness (QED) is 0.537. The molecule has 0 saturated carbocycles. The number of hydrogen-bond acceptors (Lipinski definition) is 1. The van der Waals surface area contributed by atoms with Gasteiger partial charge in [-0.1, -0.05) is 22.6 Å². The molecule has 0 unspecified atom stereocenters. The van der Waals surface area contributed by atoms with E-state index in [1.54, 1.807) is 0 Å². The molecule has 0 atom stereocenters. The minimum absolute atomic E-state index is 0.0369. The van der Waals surface area contributed by atoms with Crippen molar-refractivity contribution in [3.05, 3.63) is 0 Å². The van der Waals surface area contributed by atoms with Crippen molar-refractivity contribution < 1.29 is 5.11 Å². The van der Waals surface area contributed by atoms with Crippen molar-refractivity contribution >= 4 is 22.6 Å². The second-order valence-electron chi connectivity index (χ2n) is 3.03. The Morgan fingerprint density at radius 1 is 1.12 bits per heavy atom. The first kappa shape index (κ1) is 8.69. The highest BCUT2D eigenvalue weighted by Crippen LogP contribution is 2.29. The highest BCUT2D eigenvalue weighted by molar-refractivity contribution is 14.1. The Labute approximate surface area is 64.6 Å². The Hall–Kier alpha value is 0.690. The van der Waals surface area contributed by atoms with Gasteiger partial charge in [0.25, 0.3) is 0 Å². The summed E-state index contributed by atoms with van der Waals surface area (Å²) in [5.74, 6) is 0. The maximum absolute atomic E-state index is 9.35. The molecule has 0 aliphatic carbocycles. The molecule has 0 amide bonds. The van der Waals surface area contributed by atoms with Gasteiger partial charge in [-0.3, -0.25) is 0 Å². The summed E-state index contributed by atoms with van der Waals surface area (Å²) in [6.45, 7) is 7.65. The summed E-state index contributed by atoms with van der Waals surface area (Å²) in [6, 6.07) is 0. The molecular weight excluding hydrogens is 215 g/mol. The maximum atomic E-state index is 9.35. The Morgan fingerprint density at radius 3 is 1.25 bits per heavy atom. The van der Waals surface area contributed by atoms with Gasteiger partial charge in [0, 0.05) is 3.42 Å². The second-order valence-corrected chi connectivity index (χ2v) is 5.73. The molecule has 0 fully saturated rings. The third-order valence-electron chi connectivity index (χ3n) is 1.45. The van der Waals surface area contributed by atoms with Crippen LogP contribution in [0.5, 0.6) is 0 Å². The summed E-state index contributed by atoms with van der Waals surface area (Å²) in [6.07, 6.45) is 0. The molecule has 50 valence electrons. The van der Waals surface area contributed by atoms with Gasteiger partial charge in [-0.2, -0.15) is 0 Å². The Morgan fingerprint density at radius 2 is 1.25 bits per heavy atom. The van der Waals surface area contributed by atoms with Crippen LogP contribution < -0.4 is 0 Å². The van der Waals surface area contributed by atoms with Crippen LogP contribution in [0.25, 0.3) is 0 Å². The monoisotopic (exact) mass is 228 g/mol. The molecule has 0 aliphatic rings. The van der Waals surface area contributed by atoms with Gasteiger partial charge in [0.05, 0.1) is 5.60 Å². The number of halogens is 1. The fourth-order valence-electron chi connectivity index (χ4n) is 0. The van der Waals surface area contributed by atoms with Gasteiger partial charge in [0.15, 0.2) is 0 Å². The topological polar surface area (TPSA) is 20.2 Å². The average Bonchev–Trinajstić information content (AvgIpc) is 1.25. The molecule has 0 saturated heterocycles. The Kier molecular flexibility index (Phi) is 2.32. The van der Waals surface area contributed by atoms with Gasteiger partial charge < -0.3 is 5.11 Å². The van der Waals surface area contributed by atoms with E-state index in [-0.39, 0.29) is 3.42 Å². The van der Waals surface area contributed by atoms with Crippen molar-refractivity contribution in [2.24, 2.45) is 0 Å². The van der Waals surface area contributed by atoms with E-state index in [0.29, 0.717) is 0 Å². The molecule has 1 N–H and O–H groups in total. The van der Waals surface area contributed by atoms with Crippen molar-refractivity contribution in [2.45, 2.75) is 36.7 Å². The molecule has 8 heavy (non-hydrogen) atoms. The molecule has 0 radical (unpaired) electrons. The minimum atomic E-state index is -0.576. The van der Waals surface area contributed by atoms with E-state index in [9.17, 15) is 5.11 Å². The number of alkyl halides is 1. The summed E-state index contributed by atoms with van der Waals surface area (Å²) >= 11 is 2.23. The highest BCUT2D eigenvalue weighted by atomic mass is 127. The predicted octanol–water partition coefficient (Wildman–Crippen LogP) is 1.97. The fourth-order valence-corrected chi connectivity index (χ4v) is 0. The molecule has 0 aromatic heterocycles. The first-order valence-corrected chi connectivity index (χ1v) is 3.74. The number of aliphatic hydroxyl groups is 1. The SMILES string of the molecule is CC(C)(O)C(C)(C)I. The van der Waals surface area contributed by atoms with Crippen molar-refractivity contribution in [1.82, 2.24) is 0 Å². The Bertz CT molecular complexity index is 63.5. The van der Waals surface area contributed by atoms with Crippen LogP contribution in [0, 0.1) is 0 Å². The standard InChI is InChI=1S/C6H13IO/c1-5(2,7)6(3,4)8/h8H,1-4H3. The summed E-state index contributed by atoms with van der Waals surface area (Å²) in [7, 11) is 0. The molecule has 0 heterocycles. The zero-order chi connectivity index (χ0) is 7.00. The number of rotatable bonds is 1. The molecule has 0 spiro atoms. The number of hydrogen-bond donors (Lipinski definition) is 1. The van der Waals surface area contributed by atoms with E-state index in [0.717, 1.165) is 0 Å². The fraction of sp³-hybridized carbons (Fsp3) is 1.00. The summed E-state index contributed by atoms with van der Waals surface area (Å²) in [5, 5.41) is 9.35. The van der Waals surface area contributed by atoms with Crippen molar-refractivity contribution in [3.8, 4) is 0 Å². The van der Waals surface area contributed by atoms with Gasteiger partial charge in [-0.25, -0.2) is 0 Å². The van der Waals surface area contributed by atoms with Crippen LogP contribution in [-0.4, -0.2) is 14.1 Å². The lowest BCUT2D eigenvalue weighted by atomic mass is 9.95. The van der Waals surface area contributed by atoms with Crippen LogP contribution in [0.2, 0.25) is 0 Å².